The van der Waals surface area contributed by atoms with Crippen LogP contribution in [-0.4, -0.2) is 37.9 Å². The number of nitrogens with zero attached hydrogens (tertiary/aromatic N) is 6. The van der Waals surface area contributed by atoms with Crippen LogP contribution in [0.2, 0.25) is 0 Å². The van der Waals surface area contributed by atoms with Crippen LogP contribution >= 0.6 is 0 Å². The van der Waals surface area contributed by atoms with Crippen molar-refractivity contribution < 1.29 is 22.7 Å². The van der Waals surface area contributed by atoms with E-state index in [-0.39, 0.29) is 47.3 Å². The highest BCUT2D eigenvalue weighted by Gasteiger charge is 2.26. The van der Waals surface area contributed by atoms with Crippen LogP contribution in [0.4, 0.5) is 35.3 Å². The molecule has 2 aromatic carbocycles. The van der Waals surface area contributed by atoms with Crippen LogP contribution in [0, 0.1) is 17.5 Å². The van der Waals surface area contributed by atoms with Gasteiger partial charge in [0, 0.05) is 18.1 Å². The Balaban J connectivity index is 1.60. The molecule has 0 atom stereocenters. The second kappa shape index (κ2) is 10.3. The fraction of sp³-hybridized carbons (Fsp3) is 0.115. The van der Waals surface area contributed by atoms with Gasteiger partial charge >= 0.3 is 6.09 Å². The first-order valence-electron chi connectivity index (χ1n) is 11.6. The van der Waals surface area contributed by atoms with Gasteiger partial charge in [-0.15, -0.1) is 0 Å². The Kier molecular flexibility index (Phi) is 6.71. The van der Waals surface area contributed by atoms with Gasteiger partial charge in [0.1, 0.15) is 28.7 Å². The van der Waals surface area contributed by atoms with Gasteiger partial charge in [0.2, 0.25) is 0 Å². The van der Waals surface area contributed by atoms with Gasteiger partial charge < -0.3 is 16.2 Å². The van der Waals surface area contributed by atoms with Crippen molar-refractivity contribution in [3.05, 3.63) is 95.1 Å². The lowest BCUT2D eigenvalue weighted by molar-refractivity contribution is 0.178. The zero-order valence-electron chi connectivity index (χ0n) is 20.5. The van der Waals surface area contributed by atoms with Crippen molar-refractivity contribution in [3.8, 4) is 5.95 Å². The monoisotopic (exact) mass is 534 g/mol. The Morgan fingerprint density at radius 1 is 0.974 bits per heavy atom. The number of pyridine rings is 1. The lowest BCUT2D eigenvalue weighted by Gasteiger charge is -2.23. The maximum absolute atomic E-state index is 14.3. The molecule has 0 fully saturated rings. The number of carbonyl (C=O) groups is 1. The molecule has 0 spiro atoms. The minimum Gasteiger partial charge on any atom is -0.452 e. The number of aromatic nitrogens is 5. The Bertz CT molecular complexity index is 1690. The molecule has 39 heavy (non-hydrogen) atoms. The number of anilines is 3. The van der Waals surface area contributed by atoms with Crippen LogP contribution in [-0.2, 0) is 17.7 Å². The summed E-state index contributed by atoms with van der Waals surface area (Å²) in [5, 5.41) is 4.45. The van der Waals surface area contributed by atoms with E-state index in [1.54, 1.807) is 24.3 Å². The third kappa shape index (κ3) is 4.89. The molecular formula is C26H21F3N8O2. The highest BCUT2D eigenvalue weighted by atomic mass is 19.1. The van der Waals surface area contributed by atoms with Crippen LogP contribution in [0.5, 0.6) is 0 Å². The molecular weight excluding hydrogens is 513 g/mol. The number of methoxy groups -OCH3 is 1. The Morgan fingerprint density at radius 3 is 2.21 bits per heavy atom. The molecule has 1 amide bonds. The van der Waals surface area contributed by atoms with Gasteiger partial charge in [0.05, 0.1) is 31.1 Å². The van der Waals surface area contributed by atoms with Crippen molar-refractivity contribution in [1.29, 1.82) is 0 Å². The normalized spacial score (nSPS) is 11.1. The van der Waals surface area contributed by atoms with Crippen molar-refractivity contribution in [2.45, 2.75) is 13.0 Å². The minimum atomic E-state index is -0.879. The third-order valence-electron chi connectivity index (χ3n) is 5.94. The fourth-order valence-corrected chi connectivity index (χ4v) is 4.12. The number of nitrogens with two attached hydrogens (primary N) is 2. The smallest absolute Gasteiger partial charge is 0.414 e. The summed E-state index contributed by atoms with van der Waals surface area (Å²) in [5.74, 6) is -2.29. The maximum Gasteiger partial charge on any atom is 0.414 e. The molecule has 13 heteroatoms. The molecule has 0 unspecified atom stereocenters. The van der Waals surface area contributed by atoms with Gasteiger partial charge in [-0.05, 0) is 17.7 Å². The number of halogens is 3. The van der Waals surface area contributed by atoms with Crippen LogP contribution in [0.15, 0.2) is 60.8 Å². The molecule has 0 saturated heterocycles. The summed E-state index contributed by atoms with van der Waals surface area (Å²) in [6, 6.07) is 13.2. The zero-order valence-corrected chi connectivity index (χ0v) is 20.5. The molecule has 0 aliphatic heterocycles. The number of ether oxygens (including phenoxy) is 1. The summed E-state index contributed by atoms with van der Waals surface area (Å²) < 4.78 is 48.9. The molecule has 0 aliphatic rings. The van der Waals surface area contributed by atoms with Crippen molar-refractivity contribution in [3.63, 3.8) is 0 Å². The quantitative estimate of drug-likeness (QED) is 0.331. The van der Waals surface area contributed by atoms with Crippen molar-refractivity contribution >= 4 is 34.4 Å². The van der Waals surface area contributed by atoms with Gasteiger partial charge in [0.15, 0.2) is 11.6 Å². The summed E-state index contributed by atoms with van der Waals surface area (Å²) in [4.78, 5) is 26.2. The average Bonchev–Trinajstić information content (AvgIpc) is 3.26. The molecule has 0 radical (unpaired) electrons. The second-order valence-corrected chi connectivity index (χ2v) is 8.44. The predicted octanol–water partition coefficient (Wildman–Crippen LogP) is 4.16. The second-order valence-electron chi connectivity index (χ2n) is 8.44. The number of hydrogen-bond acceptors (Lipinski definition) is 8. The van der Waals surface area contributed by atoms with E-state index in [1.807, 2.05) is 0 Å². The largest absolute Gasteiger partial charge is 0.452 e. The predicted molar refractivity (Wildman–Crippen MR) is 137 cm³/mol. The van der Waals surface area contributed by atoms with Crippen molar-refractivity contribution in [1.82, 2.24) is 24.7 Å². The molecule has 5 rings (SSSR count). The number of nitrogen functional groups attached to an aromatic ring is 2. The number of benzene rings is 2. The van der Waals surface area contributed by atoms with Crippen LogP contribution < -0.4 is 16.4 Å². The van der Waals surface area contributed by atoms with Crippen molar-refractivity contribution in [2.75, 3.05) is 23.5 Å². The SMILES string of the molecule is COC(=O)N(Cc1ccccc1F)c1c(N)nc(-n2nc(Cc3ccccc3F)c3ncc(F)cc32)nc1N. The average molecular weight is 535 g/mol. The lowest BCUT2D eigenvalue weighted by atomic mass is 10.1. The van der Waals surface area contributed by atoms with Gasteiger partial charge in [-0.1, -0.05) is 36.4 Å². The van der Waals surface area contributed by atoms with E-state index < -0.39 is 23.5 Å². The molecule has 5 aromatic rings. The summed E-state index contributed by atoms with van der Waals surface area (Å²) in [5.41, 5.74) is 13.6. The third-order valence-corrected chi connectivity index (χ3v) is 5.94. The summed E-state index contributed by atoms with van der Waals surface area (Å²) in [6.07, 6.45) is 0.190. The molecule has 3 heterocycles. The number of amides is 1. The molecule has 0 saturated carbocycles. The molecule has 0 bridgehead atoms. The van der Waals surface area contributed by atoms with E-state index in [0.717, 1.165) is 18.2 Å². The molecule has 10 nitrogen and oxygen atoms in total. The highest BCUT2D eigenvalue weighted by molar-refractivity contribution is 5.95. The summed E-state index contributed by atoms with van der Waals surface area (Å²) >= 11 is 0. The number of rotatable bonds is 6. The molecule has 4 N–H and O–H groups in total. The fourth-order valence-electron chi connectivity index (χ4n) is 4.12. The van der Waals surface area contributed by atoms with E-state index in [1.165, 1.54) is 35.0 Å². The van der Waals surface area contributed by atoms with E-state index in [2.05, 4.69) is 20.1 Å². The highest BCUT2D eigenvalue weighted by Crippen LogP contribution is 2.32. The number of carbonyl (C=O) groups excluding carboxylic acids is 1. The van der Waals surface area contributed by atoms with Gasteiger partial charge in [0.25, 0.3) is 5.95 Å². The van der Waals surface area contributed by atoms with Crippen molar-refractivity contribution in [2.24, 2.45) is 0 Å². The molecule has 0 aliphatic carbocycles. The van der Waals surface area contributed by atoms with E-state index in [4.69, 9.17) is 16.2 Å². The van der Waals surface area contributed by atoms with Gasteiger partial charge in [-0.25, -0.2) is 22.9 Å². The first kappa shape index (κ1) is 25.4. The van der Waals surface area contributed by atoms with E-state index in [9.17, 15) is 18.0 Å². The van der Waals surface area contributed by atoms with Crippen LogP contribution in [0.1, 0.15) is 16.8 Å². The first-order chi connectivity index (χ1) is 18.8. The van der Waals surface area contributed by atoms with Crippen LogP contribution in [0.3, 0.4) is 0 Å². The Hall–Kier alpha value is -5.20. The first-order valence-corrected chi connectivity index (χ1v) is 11.6. The summed E-state index contributed by atoms with van der Waals surface area (Å²) in [6.45, 7) is -0.275. The standard InChI is InChI=1S/C26H21F3N8O2/c1-39-26(38)36(13-15-7-3-5-9-18(15)29)22-23(30)33-25(34-24(22)31)37-20-11-16(27)12-32-21(20)19(35-37)10-14-6-2-4-8-17(14)28/h2-9,11-12H,10,13H2,1H3,(H4,30,31,33,34). The van der Waals surface area contributed by atoms with E-state index >= 15 is 0 Å². The van der Waals surface area contributed by atoms with Gasteiger partial charge in [-0.3, -0.25) is 4.90 Å². The van der Waals surface area contributed by atoms with E-state index in [0.29, 0.717) is 16.8 Å². The summed E-state index contributed by atoms with van der Waals surface area (Å²) in [7, 11) is 1.15. The van der Waals surface area contributed by atoms with Gasteiger partial charge in [-0.2, -0.15) is 19.7 Å². The maximum atomic E-state index is 14.3. The molecule has 198 valence electrons. The number of fused-ring (bicyclic) bond motifs is 1. The zero-order chi connectivity index (χ0) is 27.7. The number of hydrogen-bond donors (Lipinski definition) is 2. The van der Waals surface area contributed by atoms with Crippen LogP contribution in [0.25, 0.3) is 17.0 Å². The Labute approximate surface area is 219 Å². The minimum absolute atomic E-state index is 0.0522. The molecule has 3 aromatic heterocycles. The Morgan fingerprint density at radius 2 is 1.59 bits per heavy atom. The topological polar surface area (TPSA) is 138 Å². The lowest BCUT2D eigenvalue weighted by Crippen LogP contribution is -2.32.